The van der Waals surface area contributed by atoms with Crippen molar-refractivity contribution in [2.45, 2.75) is 44.6 Å². The summed E-state index contributed by atoms with van der Waals surface area (Å²) in [7, 11) is 0. The fraction of sp³-hybridized carbons (Fsp3) is 0.571. The van der Waals surface area contributed by atoms with Crippen LogP contribution in [-0.4, -0.2) is 29.7 Å². The highest BCUT2D eigenvalue weighted by Gasteiger charge is 2.18. The molecule has 0 aromatic heterocycles. The van der Waals surface area contributed by atoms with Crippen molar-refractivity contribution in [3.63, 3.8) is 0 Å². The quantitative estimate of drug-likeness (QED) is 0.504. The van der Waals surface area contributed by atoms with E-state index in [9.17, 15) is 9.59 Å². The molecule has 5 heteroatoms. The molecule has 0 aliphatic heterocycles. The summed E-state index contributed by atoms with van der Waals surface area (Å²) >= 11 is 0. The number of hydrogen-bond donors (Lipinski definition) is 3. The van der Waals surface area contributed by atoms with E-state index in [0.29, 0.717) is 6.54 Å². The first-order valence-electron chi connectivity index (χ1n) is 6.52. The summed E-state index contributed by atoms with van der Waals surface area (Å²) in [6, 6.07) is -1.52. The van der Waals surface area contributed by atoms with Gasteiger partial charge >= 0.3 is 12.0 Å². The number of allylic oxidation sites excluding steroid dienone is 1. The van der Waals surface area contributed by atoms with Gasteiger partial charge in [-0.15, -0.1) is 12.3 Å². The molecule has 1 atom stereocenters. The van der Waals surface area contributed by atoms with E-state index in [2.05, 4.69) is 22.6 Å². The van der Waals surface area contributed by atoms with E-state index in [1.165, 1.54) is 18.4 Å². The molecule has 3 N–H and O–H groups in total. The van der Waals surface area contributed by atoms with E-state index in [1.807, 2.05) is 0 Å². The Kier molecular flexibility index (Phi) is 6.51. The molecule has 0 radical (unpaired) electrons. The molecule has 0 heterocycles. The lowest BCUT2D eigenvalue weighted by atomic mass is 9.97. The number of amides is 2. The minimum atomic E-state index is -1.12. The van der Waals surface area contributed by atoms with Crippen LogP contribution in [0.1, 0.15) is 38.5 Å². The summed E-state index contributed by atoms with van der Waals surface area (Å²) in [5, 5.41) is 13.8. The third-order valence-corrected chi connectivity index (χ3v) is 3.04. The third kappa shape index (κ3) is 5.96. The van der Waals surface area contributed by atoms with Gasteiger partial charge in [-0.05, 0) is 32.1 Å². The van der Waals surface area contributed by atoms with E-state index in [-0.39, 0.29) is 6.42 Å². The summed E-state index contributed by atoms with van der Waals surface area (Å²) in [6.45, 7) is 0.514. The van der Waals surface area contributed by atoms with Gasteiger partial charge in [0.15, 0.2) is 0 Å². The predicted octanol–water partition coefficient (Wildman–Crippen LogP) is 1.65. The topological polar surface area (TPSA) is 78.4 Å². The fourth-order valence-corrected chi connectivity index (χ4v) is 2.00. The second kappa shape index (κ2) is 8.20. The first-order chi connectivity index (χ1) is 9.13. The average Bonchev–Trinajstić information content (AvgIpc) is 2.39. The lowest BCUT2D eigenvalue weighted by Gasteiger charge is -2.15. The number of carbonyl (C=O) groups is 2. The van der Waals surface area contributed by atoms with Crippen LogP contribution in [0.4, 0.5) is 4.79 Å². The Hall–Kier alpha value is -1.96. The number of hydrogen-bond acceptors (Lipinski definition) is 2. The fourth-order valence-electron chi connectivity index (χ4n) is 2.00. The minimum absolute atomic E-state index is 0.0199. The molecule has 0 spiro atoms. The molecule has 1 aliphatic carbocycles. The Morgan fingerprint density at radius 3 is 2.84 bits per heavy atom. The standard InChI is InChI=1S/C14H20N2O3/c1-2-6-12(13(17)18)16-14(19)15-10-9-11-7-4-3-5-8-11/h1,7,12H,3-6,8-10H2,(H,17,18)(H2,15,16,19). The first kappa shape index (κ1) is 15.1. The molecule has 0 bridgehead atoms. The summed E-state index contributed by atoms with van der Waals surface area (Å²) in [5.41, 5.74) is 1.37. The highest BCUT2D eigenvalue weighted by atomic mass is 16.4. The molecular weight excluding hydrogens is 244 g/mol. The van der Waals surface area contributed by atoms with Crippen molar-refractivity contribution < 1.29 is 14.7 Å². The van der Waals surface area contributed by atoms with Gasteiger partial charge in [0.1, 0.15) is 6.04 Å². The SMILES string of the molecule is C#CCC(NC(=O)NCCC1=CCCCC1)C(=O)O. The highest BCUT2D eigenvalue weighted by molar-refractivity contribution is 5.82. The summed E-state index contributed by atoms with van der Waals surface area (Å²) < 4.78 is 0. The highest BCUT2D eigenvalue weighted by Crippen LogP contribution is 2.19. The summed E-state index contributed by atoms with van der Waals surface area (Å²) in [5.74, 6) is 1.11. The van der Waals surface area contributed by atoms with Gasteiger partial charge in [-0.2, -0.15) is 0 Å². The average molecular weight is 264 g/mol. The molecule has 1 aliphatic rings. The molecule has 1 rings (SSSR count). The second-order valence-electron chi connectivity index (χ2n) is 4.56. The van der Waals surface area contributed by atoms with Crippen molar-refractivity contribution >= 4 is 12.0 Å². The Bertz CT molecular complexity index is 396. The molecule has 0 aromatic carbocycles. The summed E-state index contributed by atoms with van der Waals surface area (Å²) in [6.07, 6.45) is 12.7. The maximum absolute atomic E-state index is 11.5. The van der Waals surface area contributed by atoms with Crippen LogP contribution in [-0.2, 0) is 4.79 Å². The molecule has 1 unspecified atom stereocenters. The molecule has 0 saturated carbocycles. The second-order valence-corrected chi connectivity index (χ2v) is 4.56. The van der Waals surface area contributed by atoms with Gasteiger partial charge in [-0.25, -0.2) is 9.59 Å². The minimum Gasteiger partial charge on any atom is -0.480 e. The predicted molar refractivity (Wildman–Crippen MR) is 72.6 cm³/mol. The van der Waals surface area contributed by atoms with Crippen molar-refractivity contribution in [3.05, 3.63) is 11.6 Å². The number of carboxylic acid groups (broad SMARTS) is 1. The number of rotatable bonds is 6. The summed E-state index contributed by atoms with van der Waals surface area (Å²) in [4.78, 5) is 22.3. The van der Waals surface area contributed by atoms with E-state index >= 15 is 0 Å². The Morgan fingerprint density at radius 1 is 1.47 bits per heavy atom. The van der Waals surface area contributed by atoms with E-state index in [1.54, 1.807) is 0 Å². The number of terminal acetylenes is 1. The molecular formula is C14H20N2O3. The number of carboxylic acids is 1. The smallest absolute Gasteiger partial charge is 0.327 e. The van der Waals surface area contributed by atoms with Crippen LogP contribution >= 0.6 is 0 Å². The normalized spacial score (nSPS) is 15.8. The van der Waals surface area contributed by atoms with Gasteiger partial charge < -0.3 is 15.7 Å². The number of urea groups is 1. The van der Waals surface area contributed by atoms with Crippen LogP contribution in [0, 0.1) is 12.3 Å². The van der Waals surface area contributed by atoms with Crippen LogP contribution in [0.25, 0.3) is 0 Å². The van der Waals surface area contributed by atoms with Gasteiger partial charge in [0.05, 0.1) is 0 Å². The largest absolute Gasteiger partial charge is 0.480 e. The van der Waals surface area contributed by atoms with Gasteiger partial charge in [0, 0.05) is 13.0 Å². The van der Waals surface area contributed by atoms with E-state index in [0.717, 1.165) is 19.3 Å². The zero-order valence-electron chi connectivity index (χ0n) is 10.9. The van der Waals surface area contributed by atoms with Gasteiger partial charge in [0.25, 0.3) is 0 Å². The zero-order valence-corrected chi connectivity index (χ0v) is 10.9. The molecule has 5 nitrogen and oxygen atoms in total. The van der Waals surface area contributed by atoms with E-state index < -0.39 is 18.0 Å². The molecule has 0 aromatic rings. The van der Waals surface area contributed by atoms with Crippen molar-refractivity contribution in [2.24, 2.45) is 0 Å². The number of carbonyl (C=O) groups excluding carboxylic acids is 1. The molecule has 104 valence electrons. The zero-order chi connectivity index (χ0) is 14.1. The number of aliphatic carboxylic acids is 1. The van der Waals surface area contributed by atoms with Crippen molar-refractivity contribution in [2.75, 3.05) is 6.54 Å². The van der Waals surface area contributed by atoms with Crippen molar-refractivity contribution in [1.82, 2.24) is 10.6 Å². The Labute approximate surface area is 113 Å². The van der Waals surface area contributed by atoms with Crippen LogP contribution in [0.3, 0.4) is 0 Å². The van der Waals surface area contributed by atoms with Gasteiger partial charge in [0.2, 0.25) is 0 Å². The Morgan fingerprint density at radius 2 is 2.26 bits per heavy atom. The van der Waals surface area contributed by atoms with Crippen LogP contribution in [0.5, 0.6) is 0 Å². The van der Waals surface area contributed by atoms with Crippen molar-refractivity contribution in [1.29, 1.82) is 0 Å². The first-order valence-corrected chi connectivity index (χ1v) is 6.52. The molecule has 0 saturated heterocycles. The maximum Gasteiger partial charge on any atom is 0.327 e. The lowest BCUT2D eigenvalue weighted by molar-refractivity contribution is -0.139. The molecule has 19 heavy (non-hydrogen) atoms. The molecule has 2 amide bonds. The van der Waals surface area contributed by atoms with E-state index in [4.69, 9.17) is 11.5 Å². The van der Waals surface area contributed by atoms with Gasteiger partial charge in [-0.3, -0.25) is 0 Å². The Balaban J connectivity index is 2.25. The van der Waals surface area contributed by atoms with Gasteiger partial charge in [-0.1, -0.05) is 11.6 Å². The molecule has 0 fully saturated rings. The monoisotopic (exact) mass is 264 g/mol. The van der Waals surface area contributed by atoms with Crippen LogP contribution in [0.15, 0.2) is 11.6 Å². The third-order valence-electron chi connectivity index (χ3n) is 3.04. The van der Waals surface area contributed by atoms with Crippen LogP contribution < -0.4 is 10.6 Å². The lowest BCUT2D eigenvalue weighted by Crippen LogP contribution is -2.46. The number of nitrogens with one attached hydrogen (secondary N) is 2. The van der Waals surface area contributed by atoms with Crippen molar-refractivity contribution in [3.8, 4) is 12.3 Å². The van der Waals surface area contributed by atoms with Crippen LogP contribution in [0.2, 0.25) is 0 Å². The maximum atomic E-state index is 11.5.